The third kappa shape index (κ3) is 8.41. The van der Waals surface area contributed by atoms with Crippen LogP contribution in [0, 0.1) is 11.8 Å². The van der Waals surface area contributed by atoms with Crippen LogP contribution in [-0.4, -0.2) is 108 Å². The molecule has 0 bridgehead atoms. The molecular formula is C23H34FN5O14P2S. The number of anilines is 1. The third-order valence-electron chi connectivity index (χ3n) is 7.38. The average molecular weight is 718 g/mol. The van der Waals surface area contributed by atoms with Crippen molar-refractivity contribution in [3.63, 3.8) is 0 Å². The molecule has 0 saturated carbocycles. The summed E-state index contributed by atoms with van der Waals surface area (Å²) < 4.78 is 65.1. The van der Waals surface area contributed by atoms with Gasteiger partial charge in [-0.15, -0.1) is 0 Å². The van der Waals surface area contributed by atoms with E-state index < -0.39 is 101 Å². The molecule has 19 nitrogen and oxygen atoms in total. The molecule has 0 radical (unpaired) electrons. The van der Waals surface area contributed by atoms with E-state index in [1.807, 2.05) is 0 Å². The van der Waals surface area contributed by atoms with Gasteiger partial charge in [0.2, 0.25) is 6.29 Å². The van der Waals surface area contributed by atoms with Crippen molar-refractivity contribution < 1.29 is 70.8 Å². The van der Waals surface area contributed by atoms with Crippen LogP contribution < -0.4 is 5.73 Å². The molecule has 2 aliphatic rings. The zero-order chi connectivity index (χ0) is 34.1. The van der Waals surface area contributed by atoms with Crippen molar-refractivity contribution in [1.29, 1.82) is 0 Å². The molecule has 46 heavy (non-hydrogen) atoms. The Labute approximate surface area is 265 Å². The predicted molar refractivity (Wildman–Crippen MR) is 154 cm³/mol. The number of aliphatic hydroxyl groups is 2. The van der Waals surface area contributed by atoms with E-state index in [0.717, 1.165) is 24.9 Å². The first-order valence-corrected chi connectivity index (χ1v) is 17.7. The maximum Gasteiger partial charge on any atom is 0.481 e. The van der Waals surface area contributed by atoms with Crippen LogP contribution in [0.1, 0.15) is 33.9 Å². The van der Waals surface area contributed by atoms with Crippen molar-refractivity contribution in [3.05, 3.63) is 12.5 Å². The molecule has 258 valence electrons. The van der Waals surface area contributed by atoms with Gasteiger partial charge in [0.1, 0.15) is 37.1 Å². The molecule has 23 heteroatoms. The number of nitrogens with two attached hydrogens (primary N) is 1. The fraction of sp³-hybridized carbons (Fsp3) is 0.696. The number of esters is 2. The SMILES string of the molecule is CC(=O)OC[C@H](F)C1O[C@@H](OP(=O)(O)OP(O)(=S)OC[C@H]2O[C@@H](n3ncc4c(N)ncnc43)[C@@H](O)C2O)C(OC(C)=O)[C@@H](C)[C@@H]1C. The van der Waals surface area contributed by atoms with E-state index in [1.54, 1.807) is 13.8 Å². The van der Waals surface area contributed by atoms with Gasteiger partial charge < -0.3 is 49.2 Å². The minimum absolute atomic E-state index is 0.113. The molecule has 5 unspecified atom stereocenters. The van der Waals surface area contributed by atoms with Gasteiger partial charge in [-0.25, -0.2) is 27.9 Å². The highest BCUT2D eigenvalue weighted by molar-refractivity contribution is 8.08. The Morgan fingerprint density at radius 3 is 2.50 bits per heavy atom. The number of carbonyl (C=O) groups excluding carboxylic acids is 2. The number of carbonyl (C=O) groups is 2. The van der Waals surface area contributed by atoms with Gasteiger partial charge in [-0.3, -0.25) is 14.1 Å². The highest BCUT2D eigenvalue weighted by atomic mass is 32.5. The van der Waals surface area contributed by atoms with E-state index in [0.29, 0.717) is 5.39 Å². The van der Waals surface area contributed by atoms with Crippen LogP contribution in [0.4, 0.5) is 10.2 Å². The fourth-order valence-corrected chi connectivity index (χ4v) is 8.05. The smallest absolute Gasteiger partial charge is 0.463 e. The summed E-state index contributed by atoms with van der Waals surface area (Å²) in [4.78, 5) is 51.9. The van der Waals surface area contributed by atoms with Crippen LogP contribution in [-0.2, 0) is 58.3 Å². The van der Waals surface area contributed by atoms with Gasteiger partial charge >= 0.3 is 26.5 Å². The van der Waals surface area contributed by atoms with Crippen molar-refractivity contribution in [2.75, 3.05) is 18.9 Å². The number of hydrogen-bond donors (Lipinski definition) is 5. The van der Waals surface area contributed by atoms with Crippen molar-refractivity contribution in [2.45, 2.75) is 76.9 Å². The molecule has 0 spiro atoms. The second-order valence-electron chi connectivity index (χ2n) is 10.6. The quantitative estimate of drug-likeness (QED) is 0.145. The number of fused-ring (bicyclic) bond motifs is 1. The molecule has 2 fully saturated rings. The van der Waals surface area contributed by atoms with Gasteiger partial charge in [-0.2, -0.15) is 5.10 Å². The Balaban J connectivity index is 1.42. The van der Waals surface area contributed by atoms with Gasteiger partial charge in [0.05, 0.1) is 24.3 Å². The Hall–Kier alpha value is -2.26. The molecule has 2 saturated heterocycles. The van der Waals surface area contributed by atoms with Crippen LogP contribution >= 0.6 is 14.5 Å². The summed E-state index contributed by atoms with van der Waals surface area (Å²) in [5.41, 5.74) is 5.99. The minimum Gasteiger partial charge on any atom is -0.463 e. The summed E-state index contributed by atoms with van der Waals surface area (Å²) in [6, 6.07) is 0. The standard InChI is InChI=1S/C23H34FN5O14P2S/c1-9-10(2)19(39-12(4)31)23(41-18(9)14(24)6-37-11(3)30)42-44(34,35)43-45(36,46)38-7-15-16(32)17(33)22(40-15)29-21-13(5-28-29)20(25)26-8-27-21/h5,8-10,14-19,22-23,32-33H,6-7H2,1-4H3,(H,34,35)(H,36,46)(H2,25,26,27)/t9-,10-,14-,15+,16?,17-,18?,19?,22+,23-,45?/m0/s1. The summed E-state index contributed by atoms with van der Waals surface area (Å²) in [5, 5.41) is 25.6. The lowest BCUT2D eigenvalue weighted by atomic mass is 9.82. The predicted octanol–water partition coefficient (Wildman–Crippen LogP) is 0.225. The van der Waals surface area contributed by atoms with Crippen LogP contribution in [0.3, 0.4) is 0 Å². The summed E-state index contributed by atoms with van der Waals surface area (Å²) in [6.45, 7) is -0.843. The van der Waals surface area contributed by atoms with E-state index in [-0.39, 0.29) is 11.5 Å². The lowest BCUT2D eigenvalue weighted by Crippen LogP contribution is -2.55. The van der Waals surface area contributed by atoms with Crippen LogP contribution in [0.2, 0.25) is 0 Å². The molecule has 6 N–H and O–H groups in total. The summed E-state index contributed by atoms with van der Waals surface area (Å²) in [5.74, 6) is -2.83. The van der Waals surface area contributed by atoms with Crippen molar-refractivity contribution in [2.24, 2.45) is 11.8 Å². The second kappa shape index (κ2) is 14.5. The topological polar surface area (TPSA) is 266 Å². The molecule has 4 heterocycles. The van der Waals surface area contributed by atoms with Gasteiger partial charge in [0, 0.05) is 19.8 Å². The third-order valence-corrected chi connectivity index (χ3v) is 10.9. The van der Waals surface area contributed by atoms with Crippen LogP contribution in [0.25, 0.3) is 11.0 Å². The monoisotopic (exact) mass is 717 g/mol. The molecule has 12 atom stereocenters. The number of alkyl halides is 1. The maximum absolute atomic E-state index is 15.0. The molecular weight excluding hydrogens is 683 g/mol. The lowest BCUT2D eigenvalue weighted by Gasteiger charge is -2.44. The molecule has 4 rings (SSSR count). The number of ether oxygens (including phenoxy) is 4. The molecule has 0 aromatic carbocycles. The van der Waals surface area contributed by atoms with Gasteiger partial charge in [-0.1, -0.05) is 13.8 Å². The van der Waals surface area contributed by atoms with E-state index in [9.17, 15) is 38.5 Å². The Morgan fingerprint density at radius 1 is 1.15 bits per heavy atom. The normalized spacial score (nSPS) is 33.2. The number of nitrogens with zero attached hydrogens (tertiary/aromatic N) is 4. The first-order valence-electron chi connectivity index (χ1n) is 13.7. The van der Waals surface area contributed by atoms with Crippen LogP contribution in [0.15, 0.2) is 12.5 Å². The molecule has 0 amide bonds. The molecule has 0 aliphatic carbocycles. The number of rotatable bonds is 12. The lowest BCUT2D eigenvalue weighted by molar-refractivity contribution is -0.262. The number of aromatic nitrogens is 4. The van der Waals surface area contributed by atoms with Crippen molar-refractivity contribution in [1.82, 2.24) is 19.7 Å². The fourth-order valence-electron chi connectivity index (χ4n) is 4.96. The molecule has 2 aromatic heterocycles. The van der Waals surface area contributed by atoms with Gasteiger partial charge in [0.15, 0.2) is 24.2 Å². The maximum atomic E-state index is 15.0. The van der Waals surface area contributed by atoms with Gasteiger partial charge in [-0.05, 0) is 17.7 Å². The van der Waals surface area contributed by atoms with E-state index in [4.69, 9.17) is 49.8 Å². The Bertz CT molecular complexity index is 1520. The number of phosphoric acid groups is 1. The van der Waals surface area contributed by atoms with E-state index in [2.05, 4.69) is 15.1 Å². The number of phosphoric ester groups is 1. The summed E-state index contributed by atoms with van der Waals surface area (Å²) in [7, 11) is -5.42. The van der Waals surface area contributed by atoms with E-state index in [1.165, 1.54) is 6.20 Å². The summed E-state index contributed by atoms with van der Waals surface area (Å²) >= 11 is 4.84. The van der Waals surface area contributed by atoms with Crippen LogP contribution in [0.5, 0.6) is 0 Å². The first-order chi connectivity index (χ1) is 21.4. The highest BCUT2D eigenvalue weighted by Crippen LogP contribution is 2.62. The Kier molecular flexibility index (Phi) is 11.5. The number of hydrogen-bond acceptors (Lipinski definition) is 17. The number of nitrogen functional groups attached to an aromatic ring is 1. The second-order valence-corrected chi connectivity index (χ2v) is 15.0. The summed E-state index contributed by atoms with van der Waals surface area (Å²) in [6.07, 6.45) is -9.84. The zero-order valence-corrected chi connectivity index (χ0v) is 27.4. The number of aliphatic hydroxyl groups excluding tert-OH is 2. The molecule has 2 aromatic rings. The number of halogens is 1. The Morgan fingerprint density at radius 2 is 1.85 bits per heavy atom. The molecule has 2 aliphatic heterocycles. The average Bonchev–Trinajstić information content (AvgIpc) is 3.50. The van der Waals surface area contributed by atoms with Gasteiger partial charge in [0.25, 0.3) is 0 Å². The first kappa shape index (κ1) is 36.6. The highest BCUT2D eigenvalue weighted by Gasteiger charge is 2.51. The van der Waals surface area contributed by atoms with Crippen molar-refractivity contribution >= 4 is 55.1 Å². The zero-order valence-electron chi connectivity index (χ0n) is 24.8. The minimum atomic E-state index is -5.42. The largest absolute Gasteiger partial charge is 0.481 e. The van der Waals surface area contributed by atoms with Crippen molar-refractivity contribution in [3.8, 4) is 0 Å². The van der Waals surface area contributed by atoms with E-state index >= 15 is 0 Å².